The maximum atomic E-state index is 7.76. The first kappa shape index (κ1) is 14.7. The van der Waals surface area contributed by atoms with Gasteiger partial charge in [-0.15, -0.1) is 0 Å². The van der Waals surface area contributed by atoms with Gasteiger partial charge in [0.15, 0.2) is 0 Å². The third-order valence-electron chi connectivity index (χ3n) is 4.08. The molecule has 1 aliphatic heterocycles. The molecule has 1 fully saturated rings. The van der Waals surface area contributed by atoms with E-state index in [1.807, 2.05) is 18.2 Å². The number of ether oxygens (including phenoxy) is 1. The number of piperazine rings is 1. The highest BCUT2D eigenvalue weighted by Crippen LogP contribution is 2.28. The molecule has 0 bridgehead atoms. The van der Waals surface area contributed by atoms with E-state index in [0.717, 1.165) is 43.1 Å². The van der Waals surface area contributed by atoms with Crippen LogP contribution in [0, 0.1) is 5.41 Å². The van der Waals surface area contributed by atoms with Crippen molar-refractivity contribution in [3.63, 3.8) is 0 Å². The summed E-state index contributed by atoms with van der Waals surface area (Å²) in [4.78, 5) is 4.71. The van der Waals surface area contributed by atoms with Crippen molar-refractivity contribution in [2.45, 2.75) is 19.4 Å². The van der Waals surface area contributed by atoms with E-state index in [1.165, 1.54) is 0 Å². The Morgan fingerprint density at radius 1 is 1.45 bits per heavy atom. The van der Waals surface area contributed by atoms with Crippen molar-refractivity contribution in [2.24, 2.45) is 5.73 Å². The smallest absolute Gasteiger partial charge is 0.124 e. The Morgan fingerprint density at radius 2 is 2.20 bits per heavy atom. The van der Waals surface area contributed by atoms with Gasteiger partial charge in [-0.2, -0.15) is 0 Å². The van der Waals surface area contributed by atoms with E-state index in [9.17, 15) is 0 Å². The molecule has 1 heterocycles. The summed E-state index contributed by atoms with van der Waals surface area (Å²) in [6, 6.07) is 6.24. The van der Waals surface area contributed by atoms with Crippen molar-refractivity contribution in [2.75, 3.05) is 38.7 Å². The van der Waals surface area contributed by atoms with Gasteiger partial charge in [-0.3, -0.25) is 10.3 Å². The summed E-state index contributed by atoms with van der Waals surface area (Å²) >= 11 is 0. The molecule has 1 aliphatic rings. The number of nitrogens with zero attached hydrogens (tertiary/aromatic N) is 2. The third kappa shape index (κ3) is 2.88. The van der Waals surface area contributed by atoms with Gasteiger partial charge in [-0.05, 0) is 25.6 Å². The molecule has 1 unspecified atom stereocenters. The molecule has 1 aromatic carbocycles. The highest BCUT2D eigenvalue weighted by Gasteiger charge is 2.25. The maximum Gasteiger partial charge on any atom is 0.124 e. The van der Waals surface area contributed by atoms with Crippen LogP contribution in [-0.4, -0.2) is 50.6 Å². The zero-order valence-electron chi connectivity index (χ0n) is 12.5. The molecule has 2 rings (SSSR count). The van der Waals surface area contributed by atoms with E-state index in [-0.39, 0.29) is 5.84 Å². The fraction of sp³-hybridized carbons (Fsp3) is 0.533. The van der Waals surface area contributed by atoms with E-state index in [4.69, 9.17) is 15.9 Å². The zero-order chi connectivity index (χ0) is 14.7. The van der Waals surface area contributed by atoms with Crippen molar-refractivity contribution in [3.05, 3.63) is 23.8 Å². The Morgan fingerprint density at radius 3 is 2.80 bits per heavy atom. The van der Waals surface area contributed by atoms with Gasteiger partial charge >= 0.3 is 0 Å². The monoisotopic (exact) mass is 276 g/mol. The molecule has 110 valence electrons. The highest BCUT2D eigenvalue weighted by molar-refractivity contribution is 6.00. The van der Waals surface area contributed by atoms with Crippen LogP contribution in [0.1, 0.15) is 18.9 Å². The van der Waals surface area contributed by atoms with Crippen molar-refractivity contribution in [3.8, 4) is 5.75 Å². The molecule has 0 spiro atoms. The van der Waals surface area contributed by atoms with E-state index < -0.39 is 0 Å². The van der Waals surface area contributed by atoms with Gasteiger partial charge in [-0.25, -0.2) is 0 Å². The topological polar surface area (TPSA) is 65.6 Å². The summed E-state index contributed by atoms with van der Waals surface area (Å²) < 4.78 is 5.31. The molecule has 5 nitrogen and oxygen atoms in total. The lowest BCUT2D eigenvalue weighted by atomic mass is 10.1. The molecule has 1 saturated heterocycles. The predicted molar refractivity (Wildman–Crippen MR) is 82.9 cm³/mol. The highest BCUT2D eigenvalue weighted by atomic mass is 16.5. The number of benzene rings is 1. The van der Waals surface area contributed by atoms with Gasteiger partial charge < -0.3 is 15.4 Å². The van der Waals surface area contributed by atoms with Gasteiger partial charge in [-0.1, -0.05) is 6.92 Å². The number of hydrogen-bond donors (Lipinski definition) is 2. The van der Waals surface area contributed by atoms with Crippen LogP contribution in [-0.2, 0) is 0 Å². The summed E-state index contributed by atoms with van der Waals surface area (Å²) in [7, 11) is 3.83. The van der Waals surface area contributed by atoms with Gasteiger partial charge in [0, 0.05) is 37.3 Å². The lowest BCUT2D eigenvalue weighted by molar-refractivity contribution is 0.213. The number of hydrogen-bond acceptors (Lipinski definition) is 4. The fourth-order valence-electron chi connectivity index (χ4n) is 2.73. The van der Waals surface area contributed by atoms with Crippen LogP contribution in [0.3, 0.4) is 0 Å². The standard InChI is InChI=1S/C15H24N4O/c1-4-11-10-19(8-7-18(11)2)14-9-12(20-3)5-6-13(14)15(16)17/h5-6,9,11H,4,7-8,10H2,1-3H3,(H3,16,17). The number of rotatable bonds is 4. The van der Waals surface area contributed by atoms with Crippen molar-refractivity contribution in [1.82, 2.24) is 4.90 Å². The number of amidine groups is 1. The second-order valence-electron chi connectivity index (χ2n) is 5.29. The molecular weight excluding hydrogens is 252 g/mol. The van der Waals surface area contributed by atoms with E-state index in [2.05, 4.69) is 23.8 Å². The predicted octanol–water partition coefficient (Wildman–Crippen LogP) is 1.51. The minimum absolute atomic E-state index is 0.106. The maximum absolute atomic E-state index is 7.76. The van der Waals surface area contributed by atoms with Crippen molar-refractivity contribution >= 4 is 11.5 Å². The molecule has 1 atom stereocenters. The molecule has 0 radical (unpaired) electrons. The largest absolute Gasteiger partial charge is 0.497 e. The number of nitrogens with two attached hydrogens (primary N) is 1. The van der Waals surface area contributed by atoms with E-state index in [0.29, 0.717) is 6.04 Å². The molecule has 5 heteroatoms. The minimum atomic E-state index is 0.106. The molecule has 20 heavy (non-hydrogen) atoms. The molecule has 0 aromatic heterocycles. The van der Waals surface area contributed by atoms with Crippen LogP contribution in [0.25, 0.3) is 0 Å². The number of nitrogen functional groups attached to an aromatic ring is 1. The first-order valence-corrected chi connectivity index (χ1v) is 7.04. The molecule has 1 aromatic rings. The Hall–Kier alpha value is -1.75. The average Bonchev–Trinajstić information content (AvgIpc) is 2.47. The van der Waals surface area contributed by atoms with Crippen LogP contribution < -0.4 is 15.4 Å². The second kappa shape index (κ2) is 6.13. The normalized spacial score (nSPS) is 19.9. The average molecular weight is 276 g/mol. The Labute approximate surface area is 120 Å². The Kier molecular flexibility index (Phi) is 4.49. The van der Waals surface area contributed by atoms with Crippen LogP contribution in [0.2, 0.25) is 0 Å². The fourth-order valence-corrected chi connectivity index (χ4v) is 2.73. The number of anilines is 1. The van der Waals surface area contributed by atoms with Crippen molar-refractivity contribution in [1.29, 1.82) is 5.41 Å². The van der Waals surface area contributed by atoms with Crippen LogP contribution in [0.5, 0.6) is 5.75 Å². The van der Waals surface area contributed by atoms with Crippen LogP contribution in [0.15, 0.2) is 18.2 Å². The van der Waals surface area contributed by atoms with Gasteiger partial charge in [0.1, 0.15) is 11.6 Å². The lowest BCUT2D eigenvalue weighted by Gasteiger charge is -2.41. The number of likely N-dealkylation sites (N-methyl/N-ethyl adjacent to an activating group) is 1. The van der Waals surface area contributed by atoms with Gasteiger partial charge in [0.05, 0.1) is 12.8 Å². The minimum Gasteiger partial charge on any atom is -0.497 e. The molecule has 0 amide bonds. The molecule has 0 saturated carbocycles. The second-order valence-corrected chi connectivity index (χ2v) is 5.29. The summed E-state index contributed by atoms with van der Waals surface area (Å²) in [5, 5.41) is 7.76. The Balaban J connectivity index is 2.32. The third-order valence-corrected chi connectivity index (χ3v) is 4.08. The van der Waals surface area contributed by atoms with E-state index >= 15 is 0 Å². The Bertz CT molecular complexity index is 489. The summed E-state index contributed by atoms with van der Waals surface area (Å²) in [6.07, 6.45) is 1.12. The van der Waals surface area contributed by atoms with Gasteiger partial charge in [0.2, 0.25) is 0 Å². The number of methoxy groups -OCH3 is 1. The SMILES string of the molecule is CCC1CN(c2cc(OC)ccc2C(=N)N)CCN1C. The van der Waals surface area contributed by atoms with Crippen LogP contribution in [0.4, 0.5) is 5.69 Å². The lowest BCUT2D eigenvalue weighted by Crippen LogP contribution is -2.51. The first-order chi connectivity index (χ1) is 9.56. The zero-order valence-corrected chi connectivity index (χ0v) is 12.5. The summed E-state index contributed by atoms with van der Waals surface area (Å²) in [5.41, 5.74) is 7.50. The van der Waals surface area contributed by atoms with E-state index in [1.54, 1.807) is 7.11 Å². The van der Waals surface area contributed by atoms with Gasteiger partial charge in [0.25, 0.3) is 0 Å². The molecular formula is C15H24N4O. The van der Waals surface area contributed by atoms with Crippen LogP contribution >= 0.6 is 0 Å². The molecule has 3 N–H and O–H groups in total. The molecule has 0 aliphatic carbocycles. The first-order valence-electron chi connectivity index (χ1n) is 7.04. The summed E-state index contributed by atoms with van der Waals surface area (Å²) in [5.74, 6) is 0.909. The summed E-state index contributed by atoms with van der Waals surface area (Å²) in [6.45, 7) is 5.14. The van der Waals surface area contributed by atoms with Crippen molar-refractivity contribution < 1.29 is 4.74 Å². The quantitative estimate of drug-likeness (QED) is 0.646. The number of nitrogens with one attached hydrogen (secondary N) is 1.